The van der Waals surface area contributed by atoms with Crippen molar-refractivity contribution in [3.63, 3.8) is 0 Å². The number of hydrogen-bond acceptors (Lipinski definition) is 5. The van der Waals surface area contributed by atoms with Gasteiger partial charge in [0.2, 0.25) is 0 Å². The van der Waals surface area contributed by atoms with E-state index in [1.165, 1.54) is 0 Å². The van der Waals surface area contributed by atoms with Crippen molar-refractivity contribution < 1.29 is 14.4 Å². The minimum Gasteiger partial charge on any atom is -0.506 e. The molecule has 0 unspecified atom stereocenters. The first-order chi connectivity index (χ1) is 9.02. The molecule has 0 aliphatic rings. The highest BCUT2D eigenvalue weighted by Gasteiger charge is 2.20. The van der Waals surface area contributed by atoms with Crippen LogP contribution in [0, 0.1) is 6.92 Å². The van der Waals surface area contributed by atoms with Gasteiger partial charge in [-0.3, -0.25) is 0 Å². The highest BCUT2D eigenvalue weighted by Crippen LogP contribution is 2.29. The Hall–Kier alpha value is -1.56. The van der Waals surface area contributed by atoms with Crippen molar-refractivity contribution >= 4 is 21.6 Å². The number of halogens is 1. The van der Waals surface area contributed by atoms with Gasteiger partial charge in [-0.15, -0.1) is 0 Å². The first-order valence-electron chi connectivity index (χ1n) is 5.85. The van der Waals surface area contributed by atoms with Gasteiger partial charge in [0.05, 0.1) is 10.2 Å². The maximum absolute atomic E-state index is 11.9. The average Bonchev–Trinajstić information content (AvgIpc) is 2.36. The molecular formula is C13H16BrNO4. The molecule has 0 amide bonds. The van der Waals surface area contributed by atoms with Crippen LogP contribution < -0.4 is 5.63 Å². The summed E-state index contributed by atoms with van der Waals surface area (Å²) in [5.74, 6) is 0.136. The van der Waals surface area contributed by atoms with Crippen LogP contribution in [-0.2, 0) is 4.84 Å². The highest BCUT2D eigenvalue weighted by molar-refractivity contribution is 9.10. The lowest BCUT2D eigenvalue weighted by Crippen LogP contribution is -2.16. The highest BCUT2D eigenvalue weighted by atomic mass is 79.9. The van der Waals surface area contributed by atoms with Gasteiger partial charge < -0.3 is 14.4 Å². The second kappa shape index (κ2) is 7.13. The van der Waals surface area contributed by atoms with E-state index in [2.05, 4.69) is 27.7 Å². The molecule has 104 valence electrons. The van der Waals surface area contributed by atoms with Crippen LogP contribution >= 0.6 is 15.9 Å². The first-order valence-corrected chi connectivity index (χ1v) is 6.64. The van der Waals surface area contributed by atoms with Crippen molar-refractivity contribution in [1.82, 2.24) is 0 Å². The molecule has 0 aliphatic heterocycles. The van der Waals surface area contributed by atoms with Crippen molar-refractivity contribution in [2.24, 2.45) is 5.16 Å². The molecule has 1 heterocycles. The molecule has 0 atom stereocenters. The molecule has 0 bridgehead atoms. The lowest BCUT2D eigenvalue weighted by molar-refractivity contribution is 0.174. The predicted molar refractivity (Wildman–Crippen MR) is 76.7 cm³/mol. The first kappa shape index (κ1) is 15.5. The van der Waals surface area contributed by atoms with E-state index in [-0.39, 0.29) is 17.9 Å². The minimum atomic E-state index is -0.632. The van der Waals surface area contributed by atoms with Gasteiger partial charge in [0.15, 0.2) is 0 Å². The molecule has 1 N–H and O–H groups in total. The Morgan fingerprint density at radius 2 is 2.32 bits per heavy atom. The van der Waals surface area contributed by atoms with E-state index >= 15 is 0 Å². The number of oxime groups is 1. The van der Waals surface area contributed by atoms with Gasteiger partial charge in [0, 0.05) is 0 Å². The van der Waals surface area contributed by atoms with Gasteiger partial charge in [-0.25, -0.2) is 4.79 Å². The molecule has 1 aromatic heterocycles. The maximum atomic E-state index is 11.9. The largest absolute Gasteiger partial charge is 0.506 e. The molecule has 1 rings (SSSR count). The summed E-state index contributed by atoms with van der Waals surface area (Å²) in [7, 11) is 0. The third-order valence-electron chi connectivity index (χ3n) is 2.35. The summed E-state index contributed by atoms with van der Waals surface area (Å²) in [5.41, 5.74) is -0.243. The fourth-order valence-electron chi connectivity index (χ4n) is 1.48. The van der Waals surface area contributed by atoms with Crippen LogP contribution in [0.2, 0.25) is 0 Å². The number of aromatic hydroxyl groups is 1. The number of aryl methyl sites for hydroxylation is 1. The van der Waals surface area contributed by atoms with E-state index in [1.54, 1.807) is 13.0 Å². The molecule has 0 spiro atoms. The molecule has 19 heavy (non-hydrogen) atoms. The maximum Gasteiger partial charge on any atom is 0.349 e. The lowest BCUT2D eigenvalue weighted by atomic mass is 10.1. The van der Waals surface area contributed by atoms with E-state index in [0.29, 0.717) is 22.4 Å². The summed E-state index contributed by atoms with van der Waals surface area (Å²) in [5, 5.41) is 13.9. The molecule has 5 nitrogen and oxygen atoms in total. The van der Waals surface area contributed by atoms with Crippen molar-refractivity contribution in [2.45, 2.75) is 26.7 Å². The topological polar surface area (TPSA) is 72.0 Å². The molecule has 6 heteroatoms. The molecule has 0 saturated carbocycles. The van der Waals surface area contributed by atoms with E-state index < -0.39 is 5.63 Å². The summed E-state index contributed by atoms with van der Waals surface area (Å²) in [4.78, 5) is 16.9. The summed E-state index contributed by atoms with van der Waals surface area (Å²) in [6.07, 6.45) is 2.78. The Bertz CT molecular complexity index is 548. The lowest BCUT2D eigenvalue weighted by Gasteiger charge is -2.08. The molecule has 0 radical (unpaired) electrons. The van der Waals surface area contributed by atoms with Crippen LogP contribution in [0.3, 0.4) is 0 Å². The molecular weight excluding hydrogens is 314 g/mol. The normalized spacial score (nSPS) is 11.4. The van der Waals surface area contributed by atoms with Crippen LogP contribution in [0.15, 0.2) is 31.5 Å². The van der Waals surface area contributed by atoms with Crippen molar-refractivity contribution in [3.8, 4) is 5.75 Å². The minimum absolute atomic E-state index is 0.0309. The Labute approximate surface area is 119 Å². The van der Waals surface area contributed by atoms with Crippen molar-refractivity contribution in [2.75, 3.05) is 6.61 Å². The molecule has 1 aromatic rings. The summed E-state index contributed by atoms with van der Waals surface area (Å²) < 4.78 is 5.38. The standard InChI is InChI=1S/C13H16BrNO4/c1-4-6-9(15-18-7-5-2)10-12(16)11(14)8(3)19-13(10)17/h5,16H,2,4,6-7H2,1,3H3. The Morgan fingerprint density at radius 3 is 2.89 bits per heavy atom. The van der Waals surface area contributed by atoms with Crippen molar-refractivity contribution in [3.05, 3.63) is 38.9 Å². The van der Waals surface area contributed by atoms with Gasteiger partial charge in [-0.2, -0.15) is 0 Å². The SMILES string of the molecule is C=CCON=C(CCC)c1c(O)c(Br)c(C)oc1=O. The summed E-state index contributed by atoms with van der Waals surface area (Å²) in [6.45, 7) is 7.25. The molecule has 0 aliphatic carbocycles. The second-order valence-corrected chi connectivity index (χ2v) is 4.65. The zero-order chi connectivity index (χ0) is 14.4. The zero-order valence-electron chi connectivity index (χ0n) is 10.9. The van der Waals surface area contributed by atoms with Crippen LogP contribution in [0.4, 0.5) is 0 Å². The Kier molecular flexibility index (Phi) is 5.82. The van der Waals surface area contributed by atoms with E-state index in [9.17, 15) is 9.90 Å². The van der Waals surface area contributed by atoms with Gasteiger partial charge in [0.25, 0.3) is 0 Å². The van der Waals surface area contributed by atoms with Crippen LogP contribution in [0.25, 0.3) is 0 Å². The second-order valence-electron chi connectivity index (χ2n) is 3.86. The monoisotopic (exact) mass is 329 g/mol. The average molecular weight is 330 g/mol. The van der Waals surface area contributed by atoms with Crippen molar-refractivity contribution in [1.29, 1.82) is 0 Å². The third kappa shape index (κ3) is 3.70. The smallest absolute Gasteiger partial charge is 0.349 e. The van der Waals surface area contributed by atoms with E-state index in [1.807, 2.05) is 6.92 Å². The van der Waals surface area contributed by atoms with Crippen LogP contribution in [-0.4, -0.2) is 17.4 Å². The fourth-order valence-corrected chi connectivity index (χ4v) is 1.76. The Morgan fingerprint density at radius 1 is 1.63 bits per heavy atom. The summed E-state index contributed by atoms with van der Waals surface area (Å²) >= 11 is 3.17. The molecule has 0 aromatic carbocycles. The number of hydrogen-bond donors (Lipinski definition) is 1. The van der Waals surface area contributed by atoms with Gasteiger partial charge in [-0.05, 0) is 29.3 Å². The number of rotatable bonds is 6. The fraction of sp³-hybridized carbons (Fsp3) is 0.385. The predicted octanol–water partition coefficient (Wildman–Crippen LogP) is 3.12. The number of nitrogens with zero attached hydrogens (tertiary/aromatic N) is 1. The Balaban J connectivity index is 3.30. The third-order valence-corrected chi connectivity index (χ3v) is 3.28. The van der Waals surface area contributed by atoms with Gasteiger partial charge in [0.1, 0.15) is 23.7 Å². The van der Waals surface area contributed by atoms with Gasteiger partial charge in [-0.1, -0.05) is 31.2 Å². The van der Waals surface area contributed by atoms with Crippen LogP contribution in [0.1, 0.15) is 31.1 Å². The van der Waals surface area contributed by atoms with E-state index in [4.69, 9.17) is 9.25 Å². The molecule has 0 fully saturated rings. The molecule has 0 saturated heterocycles. The van der Waals surface area contributed by atoms with E-state index in [0.717, 1.165) is 6.42 Å². The summed E-state index contributed by atoms with van der Waals surface area (Å²) in [6, 6.07) is 0. The zero-order valence-corrected chi connectivity index (χ0v) is 12.5. The van der Waals surface area contributed by atoms with Crippen LogP contribution in [0.5, 0.6) is 5.75 Å². The van der Waals surface area contributed by atoms with Gasteiger partial charge >= 0.3 is 5.63 Å². The quantitative estimate of drug-likeness (QED) is 0.376.